The summed E-state index contributed by atoms with van der Waals surface area (Å²) >= 11 is 1.69. The van der Waals surface area contributed by atoms with Gasteiger partial charge in [0.05, 0.1) is 5.69 Å². The molecule has 2 rings (SSSR count). The fraction of sp³-hybridized carbons (Fsp3) is 0.667. The lowest BCUT2D eigenvalue weighted by Gasteiger charge is -2.32. The highest BCUT2D eigenvalue weighted by atomic mass is 32.1. The van der Waals surface area contributed by atoms with Crippen molar-refractivity contribution in [2.75, 3.05) is 5.32 Å². The molecule has 0 spiro atoms. The maximum absolute atomic E-state index is 5.70. The van der Waals surface area contributed by atoms with Gasteiger partial charge in [-0.05, 0) is 19.3 Å². The fourth-order valence-corrected chi connectivity index (χ4v) is 2.36. The van der Waals surface area contributed by atoms with E-state index in [1.807, 2.05) is 0 Å². The van der Waals surface area contributed by atoms with Crippen LogP contribution in [0, 0.1) is 0 Å². The molecule has 1 aliphatic rings. The van der Waals surface area contributed by atoms with Crippen molar-refractivity contribution in [1.29, 1.82) is 0 Å². The third kappa shape index (κ3) is 2.00. The van der Waals surface area contributed by atoms with Gasteiger partial charge in [0, 0.05) is 17.5 Å². The van der Waals surface area contributed by atoms with Gasteiger partial charge >= 0.3 is 0 Å². The van der Waals surface area contributed by atoms with Crippen molar-refractivity contribution in [2.24, 2.45) is 5.73 Å². The van der Waals surface area contributed by atoms with Crippen LogP contribution in [0.4, 0.5) is 5.13 Å². The molecule has 0 atom stereocenters. The second-order valence-electron chi connectivity index (χ2n) is 3.57. The van der Waals surface area contributed by atoms with Crippen LogP contribution in [0.5, 0.6) is 0 Å². The lowest BCUT2D eigenvalue weighted by atomic mass is 9.88. The Morgan fingerprint density at radius 3 is 3.00 bits per heavy atom. The van der Waals surface area contributed by atoms with Crippen LogP contribution in [0.1, 0.15) is 25.5 Å². The minimum Gasteiger partial charge on any atom is -0.359 e. The van der Waals surface area contributed by atoms with Crippen molar-refractivity contribution in [3.05, 3.63) is 11.1 Å². The van der Waals surface area contributed by atoms with Crippen LogP contribution in [0.15, 0.2) is 5.38 Å². The van der Waals surface area contributed by atoms with E-state index in [0.717, 1.165) is 24.4 Å². The minimum atomic E-state index is 0.406. The second kappa shape index (κ2) is 3.64. The van der Waals surface area contributed by atoms with Gasteiger partial charge in [-0.1, -0.05) is 6.92 Å². The van der Waals surface area contributed by atoms with Crippen molar-refractivity contribution in [3.8, 4) is 0 Å². The average molecular weight is 197 g/mol. The number of nitrogens with zero attached hydrogens (tertiary/aromatic N) is 1. The largest absolute Gasteiger partial charge is 0.359 e. The van der Waals surface area contributed by atoms with Gasteiger partial charge < -0.3 is 11.1 Å². The summed E-state index contributed by atoms with van der Waals surface area (Å²) in [5.41, 5.74) is 6.87. The number of nitrogens with one attached hydrogen (secondary N) is 1. The minimum absolute atomic E-state index is 0.406. The highest BCUT2D eigenvalue weighted by molar-refractivity contribution is 7.13. The molecule has 0 saturated heterocycles. The highest BCUT2D eigenvalue weighted by Crippen LogP contribution is 2.24. The van der Waals surface area contributed by atoms with E-state index in [9.17, 15) is 0 Å². The van der Waals surface area contributed by atoms with Crippen LogP contribution in [0.3, 0.4) is 0 Å². The van der Waals surface area contributed by atoms with Gasteiger partial charge in [-0.25, -0.2) is 4.98 Å². The van der Waals surface area contributed by atoms with E-state index >= 15 is 0 Å². The van der Waals surface area contributed by atoms with Gasteiger partial charge in [0.1, 0.15) is 0 Å². The Labute approximate surface area is 82.4 Å². The summed E-state index contributed by atoms with van der Waals surface area (Å²) in [4.78, 5) is 4.44. The molecule has 1 aliphatic carbocycles. The first-order valence-corrected chi connectivity index (χ1v) is 5.62. The van der Waals surface area contributed by atoms with Gasteiger partial charge in [0.25, 0.3) is 0 Å². The summed E-state index contributed by atoms with van der Waals surface area (Å²) in [6, 6.07) is 0.967. The molecule has 1 aromatic rings. The van der Waals surface area contributed by atoms with Gasteiger partial charge in [-0.15, -0.1) is 11.3 Å². The molecule has 1 heterocycles. The molecule has 0 radical (unpaired) electrons. The van der Waals surface area contributed by atoms with Crippen molar-refractivity contribution in [2.45, 2.75) is 38.3 Å². The smallest absolute Gasteiger partial charge is 0.183 e. The molecule has 0 amide bonds. The summed E-state index contributed by atoms with van der Waals surface area (Å²) in [6.45, 7) is 2.12. The number of rotatable bonds is 3. The predicted molar refractivity (Wildman–Crippen MR) is 56.1 cm³/mol. The van der Waals surface area contributed by atoms with Crippen LogP contribution >= 0.6 is 11.3 Å². The first-order valence-electron chi connectivity index (χ1n) is 4.74. The standard InChI is InChI=1S/C9H15N3S/c1-2-7-5-13-9(11-7)12-8-3-6(10)4-8/h5-6,8H,2-4,10H2,1H3,(H,11,12). The Morgan fingerprint density at radius 1 is 1.69 bits per heavy atom. The summed E-state index contributed by atoms with van der Waals surface area (Å²) < 4.78 is 0. The van der Waals surface area contributed by atoms with Crippen LogP contribution in [0.2, 0.25) is 0 Å². The van der Waals surface area contributed by atoms with Crippen LogP contribution in [0.25, 0.3) is 0 Å². The van der Waals surface area contributed by atoms with Crippen molar-refractivity contribution < 1.29 is 0 Å². The summed E-state index contributed by atoms with van der Waals surface area (Å²) in [5, 5.41) is 6.55. The number of hydrogen-bond acceptors (Lipinski definition) is 4. The SMILES string of the molecule is CCc1csc(NC2CC(N)C2)n1. The van der Waals surface area contributed by atoms with E-state index in [0.29, 0.717) is 12.1 Å². The molecule has 1 fully saturated rings. The number of anilines is 1. The van der Waals surface area contributed by atoms with Gasteiger partial charge in [0.15, 0.2) is 5.13 Å². The highest BCUT2D eigenvalue weighted by Gasteiger charge is 2.26. The van der Waals surface area contributed by atoms with Crippen molar-refractivity contribution in [3.63, 3.8) is 0 Å². The van der Waals surface area contributed by atoms with E-state index in [1.165, 1.54) is 5.69 Å². The zero-order valence-electron chi connectivity index (χ0n) is 7.79. The monoisotopic (exact) mass is 197 g/mol. The third-order valence-corrected chi connectivity index (χ3v) is 3.24. The van der Waals surface area contributed by atoms with Crippen LogP contribution < -0.4 is 11.1 Å². The van der Waals surface area contributed by atoms with Crippen molar-refractivity contribution >= 4 is 16.5 Å². The Kier molecular flexibility index (Phi) is 2.51. The van der Waals surface area contributed by atoms with E-state index in [4.69, 9.17) is 5.73 Å². The van der Waals surface area contributed by atoms with E-state index < -0.39 is 0 Å². The zero-order chi connectivity index (χ0) is 9.26. The molecule has 0 bridgehead atoms. The molecule has 1 saturated carbocycles. The molecule has 0 aliphatic heterocycles. The van der Waals surface area contributed by atoms with E-state index in [2.05, 4.69) is 22.6 Å². The second-order valence-corrected chi connectivity index (χ2v) is 4.43. The normalized spacial score (nSPS) is 26.9. The lowest BCUT2D eigenvalue weighted by molar-refractivity contribution is 0.373. The lowest BCUT2D eigenvalue weighted by Crippen LogP contribution is -2.44. The molecule has 3 nitrogen and oxygen atoms in total. The quantitative estimate of drug-likeness (QED) is 0.774. The summed E-state index contributed by atoms with van der Waals surface area (Å²) in [6.07, 6.45) is 3.18. The van der Waals surface area contributed by atoms with Crippen LogP contribution in [-0.4, -0.2) is 17.1 Å². The molecular weight excluding hydrogens is 182 g/mol. The number of aryl methyl sites for hydroxylation is 1. The molecule has 13 heavy (non-hydrogen) atoms. The maximum atomic E-state index is 5.70. The number of thiazole rings is 1. The van der Waals surface area contributed by atoms with Gasteiger partial charge in [-0.3, -0.25) is 0 Å². The molecule has 4 heteroatoms. The maximum Gasteiger partial charge on any atom is 0.183 e. The average Bonchev–Trinajstić information content (AvgIpc) is 2.50. The summed E-state index contributed by atoms with van der Waals surface area (Å²) in [7, 11) is 0. The molecule has 1 aromatic heterocycles. The van der Waals surface area contributed by atoms with Crippen LogP contribution in [-0.2, 0) is 6.42 Å². The third-order valence-electron chi connectivity index (χ3n) is 2.42. The Morgan fingerprint density at radius 2 is 2.46 bits per heavy atom. The molecule has 0 aromatic carbocycles. The summed E-state index contributed by atoms with van der Waals surface area (Å²) in [5.74, 6) is 0. The Hall–Kier alpha value is -0.610. The molecular formula is C9H15N3S. The number of aromatic nitrogens is 1. The van der Waals surface area contributed by atoms with Gasteiger partial charge in [0.2, 0.25) is 0 Å². The first-order chi connectivity index (χ1) is 6.28. The topological polar surface area (TPSA) is 50.9 Å². The number of nitrogens with two attached hydrogens (primary N) is 1. The zero-order valence-corrected chi connectivity index (χ0v) is 8.60. The number of hydrogen-bond donors (Lipinski definition) is 2. The van der Waals surface area contributed by atoms with E-state index in [1.54, 1.807) is 11.3 Å². The Bertz CT molecular complexity index is 278. The fourth-order valence-electron chi connectivity index (χ4n) is 1.49. The molecule has 0 unspecified atom stereocenters. The molecule has 72 valence electrons. The van der Waals surface area contributed by atoms with E-state index in [-0.39, 0.29) is 0 Å². The first kappa shape index (κ1) is 8.97. The van der Waals surface area contributed by atoms with Gasteiger partial charge in [-0.2, -0.15) is 0 Å². The predicted octanol–water partition coefficient (Wildman–Crippen LogP) is 1.61. The molecule has 3 N–H and O–H groups in total. The van der Waals surface area contributed by atoms with Crippen molar-refractivity contribution in [1.82, 2.24) is 4.98 Å². The Balaban J connectivity index is 1.87.